The van der Waals surface area contributed by atoms with E-state index in [4.69, 9.17) is 0 Å². The van der Waals surface area contributed by atoms with Crippen LogP contribution in [0, 0.1) is 11.8 Å². The van der Waals surface area contributed by atoms with E-state index in [1.54, 1.807) is 4.90 Å². The molecule has 1 saturated carbocycles. The topological polar surface area (TPSA) is 78.5 Å². The number of hydrogen-bond donors (Lipinski definition) is 2. The van der Waals surface area contributed by atoms with Crippen LogP contribution >= 0.6 is 0 Å². The van der Waals surface area contributed by atoms with Crippen molar-refractivity contribution in [1.29, 1.82) is 0 Å². The molecular formula is C17H29N3O3. The first-order chi connectivity index (χ1) is 11.0. The summed E-state index contributed by atoms with van der Waals surface area (Å²) in [6.45, 7) is 5.29. The van der Waals surface area contributed by atoms with Crippen molar-refractivity contribution in [2.75, 3.05) is 19.6 Å². The Morgan fingerprint density at radius 1 is 1.04 bits per heavy atom. The zero-order valence-corrected chi connectivity index (χ0v) is 14.3. The van der Waals surface area contributed by atoms with Gasteiger partial charge in [-0.25, -0.2) is 0 Å². The van der Waals surface area contributed by atoms with Gasteiger partial charge in [-0.15, -0.1) is 0 Å². The number of rotatable bonds is 6. The van der Waals surface area contributed by atoms with Crippen LogP contribution in [-0.2, 0) is 14.4 Å². The normalized spacial score (nSPS) is 22.5. The summed E-state index contributed by atoms with van der Waals surface area (Å²) < 4.78 is 0. The van der Waals surface area contributed by atoms with E-state index in [0.717, 1.165) is 25.7 Å². The average Bonchev–Trinajstić information content (AvgIpc) is 2.94. The van der Waals surface area contributed by atoms with Crippen LogP contribution in [0.4, 0.5) is 0 Å². The Morgan fingerprint density at radius 2 is 1.61 bits per heavy atom. The molecule has 1 saturated heterocycles. The minimum Gasteiger partial charge on any atom is -0.354 e. The third kappa shape index (κ3) is 4.94. The van der Waals surface area contributed by atoms with Gasteiger partial charge in [-0.2, -0.15) is 0 Å². The quantitative estimate of drug-likeness (QED) is 0.717. The molecule has 130 valence electrons. The van der Waals surface area contributed by atoms with Gasteiger partial charge in [0.1, 0.15) is 0 Å². The highest BCUT2D eigenvalue weighted by Gasteiger charge is 2.35. The van der Waals surface area contributed by atoms with E-state index < -0.39 is 0 Å². The van der Waals surface area contributed by atoms with Gasteiger partial charge < -0.3 is 15.5 Å². The number of carbonyl (C=O) groups is 3. The number of likely N-dealkylation sites (tertiary alicyclic amines) is 1. The summed E-state index contributed by atoms with van der Waals surface area (Å²) in [5, 5.41) is 5.73. The lowest BCUT2D eigenvalue weighted by molar-refractivity contribution is -0.129. The molecule has 2 fully saturated rings. The highest BCUT2D eigenvalue weighted by molar-refractivity contribution is 5.89. The maximum Gasteiger partial charge on any atom is 0.225 e. The Kier molecular flexibility index (Phi) is 6.42. The van der Waals surface area contributed by atoms with Crippen molar-refractivity contribution in [3.05, 3.63) is 0 Å². The van der Waals surface area contributed by atoms with E-state index in [1.807, 2.05) is 13.8 Å². The molecule has 0 aromatic rings. The van der Waals surface area contributed by atoms with Gasteiger partial charge in [0.15, 0.2) is 0 Å². The lowest BCUT2D eigenvalue weighted by Crippen LogP contribution is -2.40. The highest BCUT2D eigenvalue weighted by atomic mass is 16.2. The van der Waals surface area contributed by atoms with Gasteiger partial charge in [-0.05, 0) is 26.7 Å². The molecule has 2 rings (SSSR count). The minimum absolute atomic E-state index is 0.0470. The van der Waals surface area contributed by atoms with Gasteiger partial charge in [0, 0.05) is 38.0 Å². The summed E-state index contributed by atoms with van der Waals surface area (Å²) in [4.78, 5) is 37.6. The van der Waals surface area contributed by atoms with E-state index in [0.29, 0.717) is 26.1 Å². The Bertz CT molecular complexity index is 444. The van der Waals surface area contributed by atoms with Crippen LogP contribution in [0.25, 0.3) is 0 Å². The molecule has 1 heterocycles. The number of carbonyl (C=O) groups excluding carboxylic acids is 3. The first-order valence-electron chi connectivity index (χ1n) is 8.84. The number of nitrogens with zero attached hydrogens (tertiary/aromatic N) is 1. The Labute approximate surface area is 138 Å². The molecule has 0 unspecified atom stereocenters. The Hall–Kier alpha value is -1.59. The van der Waals surface area contributed by atoms with Crippen LogP contribution in [0.15, 0.2) is 0 Å². The van der Waals surface area contributed by atoms with Crippen LogP contribution in [0.1, 0.15) is 52.4 Å². The average molecular weight is 323 g/mol. The van der Waals surface area contributed by atoms with Crippen LogP contribution in [0.5, 0.6) is 0 Å². The molecular weight excluding hydrogens is 294 g/mol. The van der Waals surface area contributed by atoms with E-state index in [9.17, 15) is 14.4 Å². The standard InChI is InChI=1S/C17H29N3O3/c1-12(2)20-11-14(10-15(20)21)17(23)19-9-8-18-16(22)13-6-4-3-5-7-13/h12-14H,3-11H2,1-2H3,(H,18,22)(H,19,23)/t14-/m0/s1. The van der Waals surface area contributed by atoms with Crippen molar-refractivity contribution < 1.29 is 14.4 Å². The molecule has 1 aliphatic heterocycles. The van der Waals surface area contributed by atoms with E-state index in [-0.39, 0.29) is 35.6 Å². The van der Waals surface area contributed by atoms with Crippen molar-refractivity contribution >= 4 is 17.7 Å². The summed E-state index contributed by atoms with van der Waals surface area (Å²) in [6, 6.07) is 0.134. The van der Waals surface area contributed by atoms with E-state index in [1.165, 1.54) is 6.42 Å². The first kappa shape index (κ1) is 17.8. The summed E-state index contributed by atoms with van der Waals surface area (Å²) in [5.74, 6) is -0.0504. The smallest absolute Gasteiger partial charge is 0.225 e. The van der Waals surface area contributed by atoms with Crippen LogP contribution in [0.2, 0.25) is 0 Å². The second-order valence-electron chi connectivity index (χ2n) is 6.96. The van der Waals surface area contributed by atoms with Crippen LogP contribution in [0.3, 0.4) is 0 Å². The summed E-state index contributed by atoms with van der Waals surface area (Å²) in [6.07, 6.45) is 5.75. The number of nitrogens with one attached hydrogen (secondary N) is 2. The zero-order valence-electron chi connectivity index (χ0n) is 14.3. The largest absolute Gasteiger partial charge is 0.354 e. The molecule has 0 radical (unpaired) electrons. The molecule has 6 nitrogen and oxygen atoms in total. The second-order valence-corrected chi connectivity index (χ2v) is 6.96. The van der Waals surface area contributed by atoms with Gasteiger partial charge in [-0.1, -0.05) is 19.3 Å². The van der Waals surface area contributed by atoms with Crippen LogP contribution < -0.4 is 10.6 Å². The zero-order chi connectivity index (χ0) is 16.8. The highest BCUT2D eigenvalue weighted by Crippen LogP contribution is 2.23. The predicted molar refractivity (Wildman–Crippen MR) is 87.6 cm³/mol. The third-order valence-corrected chi connectivity index (χ3v) is 4.85. The molecule has 23 heavy (non-hydrogen) atoms. The summed E-state index contributed by atoms with van der Waals surface area (Å²) >= 11 is 0. The Balaban J connectivity index is 1.63. The number of hydrogen-bond acceptors (Lipinski definition) is 3. The molecule has 6 heteroatoms. The van der Waals surface area contributed by atoms with Gasteiger partial charge in [0.25, 0.3) is 0 Å². The Morgan fingerprint density at radius 3 is 2.13 bits per heavy atom. The van der Waals surface area contributed by atoms with E-state index in [2.05, 4.69) is 10.6 Å². The molecule has 1 atom stereocenters. The maximum absolute atomic E-state index is 12.1. The van der Waals surface area contributed by atoms with Crippen molar-refractivity contribution in [2.24, 2.45) is 11.8 Å². The monoisotopic (exact) mass is 323 g/mol. The molecule has 0 aromatic carbocycles. The van der Waals surface area contributed by atoms with Gasteiger partial charge in [0.05, 0.1) is 5.92 Å². The molecule has 1 aliphatic carbocycles. The second kappa shape index (κ2) is 8.31. The van der Waals surface area contributed by atoms with Crippen LogP contribution in [-0.4, -0.2) is 48.3 Å². The van der Waals surface area contributed by atoms with Crippen molar-refractivity contribution in [3.8, 4) is 0 Å². The summed E-state index contributed by atoms with van der Waals surface area (Å²) in [7, 11) is 0. The summed E-state index contributed by atoms with van der Waals surface area (Å²) in [5.41, 5.74) is 0. The van der Waals surface area contributed by atoms with E-state index >= 15 is 0 Å². The molecule has 2 aliphatic rings. The van der Waals surface area contributed by atoms with Crippen molar-refractivity contribution in [2.45, 2.75) is 58.4 Å². The van der Waals surface area contributed by atoms with Gasteiger partial charge >= 0.3 is 0 Å². The predicted octanol–water partition coefficient (Wildman–Crippen LogP) is 1.06. The lowest BCUT2D eigenvalue weighted by Gasteiger charge is -2.21. The molecule has 0 bridgehead atoms. The molecule has 0 spiro atoms. The van der Waals surface area contributed by atoms with Crippen molar-refractivity contribution in [3.63, 3.8) is 0 Å². The molecule has 0 aromatic heterocycles. The first-order valence-corrected chi connectivity index (χ1v) is 8.84. The molecule has 2 N–H and O–H groups in total. The third-order valence-electron chi connectivity index (χ3n) is 4.85. The number of amides is 3. The fourth-order valence-electron chi connectivity index (χ4n) is 3.43. The van der Waals surface area contributed by atoms with Crippen molar-refractivity contribution in [1.82, 2.24) is 15.5 Å². The van der Waals surface area contributed by atoms with Gasteiger partial charge in [0.2, 0.25) is 17.7 Å². The SMILES string of the molecule is CC(C)N1C[C@@H](C(=O)NCCNC(=O)C2CCCCC2)CC1=O. The minimum atomic E-state index is -0.265. The fourth-order valence-corrected chi connectivity index (χ4v) is 3.43. The lowest BCUT2D eigenvalue weighted by atomic mass is 9.89. The van der Waals surface area contributed by atoms with Gasteiger partial charge in [-0.3, -0.25) is 14.4 Å². The maximum atomic E-state index is 12.1. The molecule has 3 amide bonds. The fraction of sp³-hybridized carbons (Fsp3) is 0.824.